The van der Waals surface area contributed by atoms with E-state index in [0.717, 1.165) is 49.3 Å². The minimum absolute atomic E-state index is 0.163. The first-order valence-corrected chi connectivity index (χ1v) is 9.44. The zero-order chi connectivity index (χ0) is 18.1. The van der Waals surface area contributed by atoms with Crippen molar-refractivity contribution in [1.82, 2.24) is 9.80 Å². The number of rotatable bonds is 6. The van der Waals surface area contributed by atoms with Crippen LogP contribution in [0.1, 0.15) is 48.8 Å². The molecule has 138 valence electrons. The van der Waals surface area contributed by atoms with Gasteiger partial charge in [0.05, 0.1) is 13.1 Å². The van der Waals surface area contributed by atoms with Crippen LogP contribution in [0.4, 0.5) is 4.39 Å². The van der Waals surface area contributed by atoms with E-state index in [0.29, 0.717) is 19.1 Å². The summed E-state index contributed by atoms with van der Waals surface area (Å²) >= 11 is 0. The molecule has 26 heavy (non-hydrogen) atoms. The fraction of sp³-hybridized carbons (Fsp3) is 0.476. The summed E-state index contributed by atoms with van der Waals surface area (Å²) in [4.78, 5) is 17.2. The molecule has 0 bridgehead atoms. The molecule has 1 aliphatic carbocycles. The fourth-order valence-electron chi connectivity index (χ4n) is 3.89. The molecule has 1 saturated heterocycles. The van der Waals surface area contributed by atoms with Gasteiger partial charge in [0.15, 0.2) is 0 Å². The number of halogens is 1. The summed E-state index contributed by atoms with van der Waals surface area (Å²) in [5.74, 6) is 1.66. The van der Waals surface area contributed by atoms with Gasteiger partial charge in [-0.1, -0.05) is 12.1 Å². The first-order valence-electron chi connectivity index (χ1n) is 9.44. The van der Waals surface area contributed by atoms with E-state index in [2.05, 4.69) is 4.90 Å². The van der Waals surface area contributed by atoms with Crippen molar-refractivity contribution >= 4 is 5.91 Å². The van der Waals surface area contributed by atoms with E-state index in [1.54, 1.807) is 0 Å². The van der Waals surface area contributed by atoms with Crippen LogP contribution in [0.2, 0.25) is 0 Å². The average molecular weight is 356 g/mol. The molecule has 0 N–H and O–H groups in total. The number of furan rings is 1. The molecule has 1 aromatic heterocycles. The van der Waals surface area contributed by atoms with E-state index in [4.69, 9.17) is 4.42 Å². The van der Waals surface area contributed by atoms with Gasteiger partial charge < -0.3 is 9.32 Å². The van der Waals surface area contributed by atoms with Crippen LogP contribution in [0.15, 0.2) is 40.8 Å². The normalized spacial score (nSPS) is 20.5. The monoisotopic (exact) mass is 356 g/mol. The number of nitrogens with zero attached hydrogens (tertiary/aromatic N) is 2. The van der Waals surface area contributed by atoms with E-state index in [1.165, 1.54) is 12.1 Å². The number of aryl methyl sites for hydroxylation is 1. The van der Waals surface area contributed by atoms with Crippen molar-refractivity contribution in [2.45, 2.75) is 51.2 Å². The largest absolute Gasteiger partial charge is 0.464 e. The molecule has 1 saturated carbocycles. The first kappa shape index (κ1) is 17.3. The molecular weight excluding hydrogens is 331 g/mol. The maximum atomic E-state index is 13.2. The topological polar surface area (TPSA) is 36.7 Å². The number of likely N-dealkylation sites (tertiary alicyclic amines) is 1. The third-order valence-corrected chi connectivity index (χ3v) is 5.39. The second kappa shape index (κ2) is 7.23. The standard InChI is InChI=1S/C21H25FN2O2/c1-15-4-11-19(26-15)13-24(18-9-10-18)21(25)14-23-12-2-3-20(23)16-5-7-17(22)8-6-16/h4-8,11,18,20H,2-3,9-10,12-14H2,1H3. The summed E-state index contributed by atoms with van der Waals surface area (Å²) in [6, 6.07) is 11.1. The van der Waals surface area contributed by atoms with Crippen molar-refractivity contribution in [2.75, 3.05) is 13.1 Å². The van der Waals surface area contributed by atoms with E-state index >= 15 is 0 Å². The summed E-state index contributed by atoms with van der Waals surface area (Å²) < 4.78 is 18.9. The summed E-state index contributed by atoms with van der Waals surface area (Å²) in [6.07, 6.45) is 4.23. The molecule has 5 heteroatoms. The SMILES string of the molecule is Cc1ccc(CN(C(=O)CN2CCCC2c2ccc(F)cc2)C2CC2)o1. The van der Waals surface area contributed by atoms with Gasteiger partial charge in [-0.2, -0.15) is 0 Å². The Morgan fingerprint density at radius 1 is 1.19 bits per heavy atom. The van der Waals surface area contributed by atoms with Crippen molar-refractivity contribution in [3.63, 3.8) is 0 Å². The van der Waals surface area contributed by atoms with E-state index in [9.17, 15) is 9.18 Å². The van der Waals surface area contributed by atoms with Crippen molar-refractivity contribution in [3.05, 3.63) is 59.3 Å². The number of amides is 1. The lowest BCUT2D eigenvalue weighted by atomic mass is 10.0. The Morgan fingerprint density at radius 2 is 1.96 bits per heavy atom. The van der Waals surface area contributed by atoms with Gasteiger partial charge in [-0.3, -0.25) is 9.69 Å². The molecule has 0 radical (unpaired) electrons. The highest BCUT2D eigenvalue weighted by Gasteiger charge is 2.35. The zero-order valence-corrected chi connectivity index (χ0v) is 15.2. The second-order valence-electron chi connectivity index (χ2n) is 7.45. The van der Waals surface area contributed by atoms with Crippen LogP contribution in [0.5, 0.6) is 0 Å². The highest BCUT2D eigenvalue weighted by atomic mass is 19.1. The minimum atomic E-state index is -0.219. The maximum absolute atomic E-state index is 13.2. The Bertz CT molecular complexity index is 767. The average Bonchev–Trinajstić information content (AvgIpc) is 3.22. The molecule has 4 rings (SSSR count). The van der Waals surface area contributed by atoms with Crippen LogP contribution in [-0.4, -0.2) is 34.8 Å². The summed E-state index contributed by atoms with van der Waals surface area (Å²) in [5.41, 5.74) is 1.09. The molecule has 2 heterocycles. The van der Waals surface area contributed by atoms with Gasteiger partial charge in [0.25, 0.3) is 0 Å². The molecule has 2 aliphatic rings. The van der Waals surface area contributed by atoms with Crippen LogP contribution in [-0.2, 0) is 11.3 Å². The molecule has 1 aromatic carbocycles. The van der Waals surface area contributed by atoms with Crippen molar-refractivity contribution in [3.8, 4) is 0 Å². The smallest absolute Gasteiger partial charge is 0.237 e. The summed E-state index contributed by atoms with van der Waals surface area (Å²) in [7, 11) is 0. The molecular formula is C21H25FN2O2. The minimum Gasteiger partial charge on any atom is -0.464 e. The van der Waals surface area contributed by atoms with Gasteiger partial charge in [-0.05, 0) is 69.0 Å². The Morgan fingerprint density at radius 3 is 2.62 bits per heavy atom. The van der Waals surface area contributed by atoms with Crippen LogP contribution >= 0.6 is 0 Å². The molecule has 1 unspecified atom stereocenters. The van der Waals surface area contributed by atoms with Gasteiger partial charge in [0.2, 0.25) is 5.91 Å². The third kappa shape index (κ3) is 3.83. The molecule has 1 aliphatic heterocycles. The van der Waals surface area contributed by atoms with Crippen LogP contribution in [0.25, 0.3) is 0 Å². The lowest BCUT2D eigenvalue weighted by Gasteiger charge is -2.28. The first-order chi connectivity index (χ1) is 12.6. The van der Waals surface area contributed by atoms with Crippen LogP contribution in [0.3, 0.4) is 0 Å². The van der Waals surface area contributed by atoms with Crippen molar-refractivity contribution < 1.29 is 13.6 Å². The molecule has 1 amide bonds. The van der Waals surface area contributed by atoms with Gasteiger partial charge in [0.1, 0.15) is 17.3 Å². The van der Waals surface area contributed by atoms with Crippen LogP contribution < -0.4 is 0 Å². The van der Waals surface area contributed by atoms with Gasteiger partial charge >= 0.3 is 0 Å². The van der Waals surface area contributed by atoms with Crippen LogP contribution in [0, 0.1) is 12.7 Å². The molecule has 4 nitrogen and oxygen atoms in total. The predicted octanol–water partition coefficient (Wildman–Crippen LogP) is 4.06. The van der Waals surface area contributed by atoms with Gasteiger partial charge in [0, 0.05) is 12.1 Å². The number of hydrogen-bond acceptors (Lipinski definition) is 3. The molecule has 0 spiro atoms. The van der Waals surface area contributed by atoms with E-state index in [1.807, 2.05) is 36.1 Å². The summed E-state index contributed by atoms with van der Waals surface area (Å²) in [6.45, 7) is 3.79. The zero-order valence-electron chi connectivity index (χ0n) is 15.2. The van der Waals surface area contributed by atoms with Crippen molar-refractivity contribution in [1.29, 1.82) is 0 Å². The number of hydrogen-bond donors (Lipinski definition) is 0. The van der Waals surface area contributed by atoms with E-state index in [-0.39, 0.29) is 17.8 Å². The Kier molecular flexibility index (Phi) is 4.81. The molecule has 1 atom stereocenters. The van der Waals surface area contributed by atoms with Gasteiger partial charge in [-0.15, -0.1) is 0 Å². The highest BCUT2D eigenvalue weighted by molar-refractivity contribution is 5.79. The second-order valence-corrected chi connectivity index (χ2v) is 7.45. The summed E-state index contributed by atoms with van der Waals surface area (Å²) in [5, 5.41) is 0. The number of carbonyl (C=O) groups is 1. The van der Waals surface area contributed by atoms with E-state index < -0.39 is 0 Å². The lowest BCUT2D eigenvalue weighted by Crippen LogP contribution is -2.41. The van der Waals surface area contributed by atoms with Gasteiger partial charge in [-0.25, -0.2) is 4.39 Å². The maximum Gasteiger partial charge on any atom is 0.237 e. The highest BCUT2D eigenvalue weighted by Crippen LogP contribution is 2.33. The Labute approximate surface area is 153 Å². The molecule has 2 fully saturated rings. The number of benzene rings is 1. The Hall–Kier alpha value is -2.14. The fourth-order valence-corrected chi connectivity index (χ4v) is 3.89. The molecule has 2 aromatic rings. The number of carbonyl (C=O) groups excluding carboxylic acids is 1. The third-order valence-electron chi connectivity index (χ3n) is 5.39. The lowest BCUT2D eigenvalue weighted by molar-refractivity contribution is -0.134. The quantitative estimate of drug-likeness (QED) is 0.783. The van der Waals surface area contributed by atoms with Crippen molar-refractivity contribution in [2.24, 2.45) is 0 Å². The Balaban J connectivity index is 1.44. The predicted molar refractivity (Wildman–Crippen MR) is 97.0 cm³/mol.